The van der Waals surface area contributed by atoms with Crippen molar-refractivity contribution in [2.45, 2.75) is 57.2 Å². The molecular weight excluding hydrogens is 268 g/mol. The fourth-order valence-corrected chi connectivity index (χ4v) is 3.68. The lowest BCUT2D eigenvalue weighted by Crippen LogP contribution is -2.40. The molecule has 1 N–H and O–H groups in total. The topological polar surface area (TPSA) is 15.3 Å². The van der Waals surface area contributed by atoms with Crippen molar-refractivity contribution in [3.63, 3.8) is 0 Å². The van der Waals surface area contributed by atoms with E-state index in [1.54, 1.807) is 0 Å². The van der Waals surface area contributed by atoms with Gasteiger partial charge < -0.3 is 5.32 Å². The summed E-state index contributed by atoms with van der Waals surface area (Å²) in [6.07, 6.45) is 6.55. The van der Waals surface area contributed by atoms with Gasteiger partial charge >= 0.3 is 0 Å². The molecule has 20 heavy (non-hydrogen) atoms. The monoisotopic (exact) mass is 292 g/mol. The number of hydrogen-bond donors (Lipinski definition) is 1. The molecule has 1 saturated heterocycles. The maximum Gasteiger partial charge on any atom is 0.0409 e. The molecule has 0 aromatic heterocycles. The van der Waals surface area contributed by atoms with Gasteiger partial charge in [-0.1, -0.05) is 30.7 Å². The highest BCUT2D eigenvalue weighted by atomic mass is 35.5. The van der Waals surface area contributed by atoms with Crippen LogP contribution < -0.4 is 5.32 Å². The van der Waals surface area contributed by atoms with Crippen molar-refractivity contribution >= 4 is 11.6 Å². The lowest BCUT2D eigenvalue weighted by molar-refractivity contribution is 0.166. The SMILES string of the molecule is CCC(c1cccc(Cl)c1)N(CC1CCCN1)C1CC1. The van der Waals surface area contributed by atoms with Gasteiger partial charge in [-0.3, -0.25) is 4.90 Å². The molecule has 110 valence electrons. The van der Waals surface area contributed by atoms with Crippen molar-refractivity contribution in [1.29, 1.82) is 0 Å². The van der Waals surface area contributed by atoms with E-state index in [-0.39, 0.29) is 0 Å². The zero-order valence-electron chi connectivity index (χ0n) is 12.3. The molecule has 0 amide bonds. The third kappa shape index (κ3) is 3.36. The number of benzene rings is 1. The summed E-state index contributed by atoms with van der Waals surface area (Å²) in [5.41, 5.74) is 1.38. The number of rotatable bonds is 6. The molecule has 2 nitrogen and oxygen atoms in total. The molecule has 0 radical (unpaired) electrons. The first-order valence-electron chi connectivity index (χ1n) is 8.02. The van der Waals surface area contributed by atoms with Gasteiger partial charge in [0.05, 0.1) is 0 Å². The van der Waals surface area contributed by atoms with E-state index in [2.05, 4.69) is 35.3 Å². The quantitative estimate of drug-likeness (QED) is 0.852. The van der Waals surface area contributed by atoms with Crippen molar-refractivity contribution in [1.82, 2.24) is 10.2 Å². The van der Waals surface area contributed by atoms with Gasteiger partial charge in [-0.25, -0.2) is 0 Å². The van der Waals surface area contributed by atoms with Gasteiger partial charge in [0.2, 0.25) is 0 Å². The average Bonchev–Trinajstić information content (AvgIpc) is 3.16. The molecule has 1 aliphatic heterocycles. The van der Waals surface area contributed by atoms with Gasteiger partial charge in [0.15, 0.2) is 0 Å². The number of nitrogens with one attached hydrogen (secondary N) is 1. The number of nitrogens with zero attached hydrogens (tertiary/aromatic N) is 1. The fourth-order valence-electron chi connectivity index (χ4n) is 3.48. The minimum absolute atomic E-state index is 0.517. The first-order chi connectivity index (χ1) is 9.78. The Morgan fingerprint density at radius 1 is 1.35 bits per heavy atom. The Kier molecular flexibility index (Phi) is 4.65. The Hall–Kier alpha value is -0.570. The maximum absolute atomic E-state index is 6.19. The maximum atomic E-state index is 6.19. The summed E-state index contributed by atoms with van der Waals surface area (Å²) < 4.78 is 0. The Labute approximate surface area is 127 Å². The van der Waals surface area contributed by atoms with Crippen LogP contribution in [-0.2, 0) is 0 Å². The summed E-state index contributed by atoms with van der Waals surface area (Å²) >= 11 is 6.19. The van der Waals surface area contributed by atoms with Crippen molar-refractivity contribution in [2.75, 3.05) is 13.1 Å². The van der Waals surface area contributed by atoms with Crippen LogP contribution in [0, 0.1) is 0 Å². The van der Waals surface area contributed by atoms with Crippen LogP contribution in [0.5, 0.6) is 0 Å². The van der Waals surface area contributed by atoms with Gasteiger partial charge in [0.25, 0.3) is 0 Å². The molecule has 2 unspecified atom stereocenters. The van der Waals surface area contributed by atoms with Crippen LogP contribution in [0.2, 0.25) is 5.02 Å². The lowest BCUT2D eigenvalue weighted by Gasteiger charge is -2.34. The second kappa shape index (κ2) is 6.46. The Morgan fingerprint density at radius 3 is 2.80 bits per heavy atom. The van der Waals surface area contributed by atoms with Crippen molar-refractivity contribution in [3.8, 4) is 0 Å². The summed E-state index contributed by atoms with van der Waals surface area (Å²) in [7, 11) is 0. The number of halogens is 1. The Balaban J connectivity index is 1.76. The van der Waals surface area contributed by atoms with E-state index in [0.717, 1.165) is 17.5 Å². The van der Waals surface area contributed by atoms with E-state index in [0.29, 0.717) is 12.1 Å². The Bertz CT molecular complexity index is 438. The summed E-state index contributed by atoms with van der Waals surface area (Å²) in [6, 6.07) is 10.4. The second-order valence-electron chi connectivity index (χ2n) is 6.20. The highest BCUT2D eigenvalue weighted by Gasteiger charge is 2.35. The standard InChI is InChI=1S/C17H25ClN2/c1-2-17(13-5-3-6-14(18)11-13)20(16-8-9-16)12-15-7-4-10-19-15/h3,5-6,11,15-17,19H,2,4,7-10,12H2,1H3. The lowest BCUT2D eigenvalue weighted by atomic mass is 10.0. The zero-order chi connectivity index (χ0) is 13.9. The van der Waals surface area contributed by atoms with Crippen LogP contribution in [-0.4, -0.2) is 30.1 Å². The van der Waals surface area contributed by atoms with Gasteiger partial charge in [-0.15, -0.1) is 0 Å². The van der Waals surface area contributed by atoms with Gasteiger partial charge in [-0.2, -0.15) is 0 Å². The third-order valence-electron chi connectivity index (χ3n) is 4.63. The average molecular weight is 293 g/mol. The smallest absolute Gasteiger partial charge is 0.0409 e. The minimum atomic E-state index is 0.517. The molecule has 2 fully saturated rings. The van der Waals surface area contributed by atoms with Crippen LogP contribution >= 0.6 is 11.6 Å². The minimum Gasteiger partial charge on any atom is -0.313 e. The zero-order valence-corrected chi connectivity index (χ0v) is 13.1. The summed E-state index contributed by atoms with van der Waals surface area (Å²) in [5, 5.41) is 4.50. The molecular formula is C17H25ClN2. The van der Waals surface area contributed by atoms with Crippen molar-refractivity contribution < 1.29 is 0 Å². The predicted molar refractivity (Wildman–Crippen MR) is 85.2 cm³/mol. The molecule has 1 aromatic rings. The second-order valence-corrected chi connectivity index (χ2v) is 6.64. The van der Waals surface area contributed by atoms with Gasteiger partial charge in [0.1, 0.15) is 0 Å². The summed E-state index contributed by atoms with van der Waals surface area (Å²) in [6.45, 7) is 4.68. The normalized spacial score (nSPS) is 24.2. The predicted octanol–water partition coefficient (Wildman–Crippen LogP) is 4.01. The molecule has 1 aromatic carbocycles. The molecule has 1 aliphatic carbocycles. The molecule has 2 atom stereocenters. The first-order valence-corrected chi connectivity index (χ1v) is 8.40. The van der Waals surface area contributed by atoms with Crippen molar-refractivity contribution in [3.05, 3.63) is 34.9 Å². The number of hydrogen-bond acceptors (Lipinski definition) is 2. The molecule has 1 saturated carbocycles. The van der Waals surface area contributed by atoms with Crippen LogP contribution in [0.25, 0.3) is 0 Å². The van der Waals surface area contributed by atoms with Crippen LogP contribution in [0.15, 0.2) is 24.3 Å². The van der Waals surface area contributed by atoms with E-state index in [1.165, 1.54) is 44.3 Å². The van der Waals surface area contributed by atoms with Crippen molar-refractivity contribution in [2.24, 2.45) is 0 Å². The van der Waals surface area contributed by atoms with Crippen LogP contribution in [0.1, 0.15) is 50.6 Å². The Morgan fingerprint density at radius 2 is 2.20 bits per heavy atom. The van der Waals surface area contributed by atoms with E-state index >= 15 is 0 Å². The molecule has 0 bridgehead atoms. The van der Waals surface area contributed by atoms with E-state index in [4.69, 9.17) is 11.6 Å². The van der Waals surface area contributed by atoms with Gasteiger partial charge in [-0.05, 0) is 56.3 Å². The van der Waals surface area contributed by atoms with Crippen LogP contribution in [0.3, 0.4) is 0 Å². The van der Waals surface area contributed by atoms with Crippen LogP contribution in [0.4, 0.5) is 0 Å². The van der Waals surface area contributed by atoms with E-state index < -0.39 is 0 Å². The largest absolute Gasteiger partial charge is 0.313 e. The molecule has 2 aliphatic rings. The molecule has 1 heterocycles. The van der Waals surface area contributed by atoms with E-state index in [1.807, 2.05) is 6.07 Å². The third-order valence-corrected chi connectivity index (χ3v) is 4.87. The summed E-state index contributed by atoms with van der Waals surface area (Å²) in [4.78, 5) is 2.73. The molecule has 3 heteroatoms. The van der Waals surface area contributed by atoms with E-state index in [9.17, 15) is 0 Å². The fraction of sp³-hybridized carbons (Fsp3) is 0.647. The highest BCUT2D eigenvalue weighted by Crippen LogP contribution is 2.37. The summed E-state index contributed by atoms with van der Waals surface area (Å²) in [5.74, 6) is 0. The van der Waals surface area contributed by atoms with Gasteiger partial charge in [0, 0.05) is 29.7 Å². The highest BCUT2D eigenvalue weighted by molar-refractivity contribution is 6.30. The molecule has 0 spiro atoms. The molecule has 3 rings (SSSR count). The first kappa shape index (κ1) is 14.4.